The summed E-state index contributed by atoms with van der Waals surface area (Å²) >= 11 is 0. The van der Waals surface area contributed by atoms with Gasteiger partial charge in [-0.05, 0) is 56.6 Å². The van der Waals surface area contributed by atoms with Crippen LogP contribution in [0.25, 0.3) is 5.57 Å². The second-order valence-electron chi connectivity index (χ2n) is 9.06. The second kappa shape index (κ2) is 13.2. The molecular formula is C28H36FNO4. The van der Waals surface area contributed by atoms with Crippen LogP contribution >= 0.6 is 0 Å². The normalized spacial score (nSPS) is 19.8. The van der Waals surface area contributed by atoms with Crippen molar-refractivity contribution < 1.29 is 23.4 Å². The van der Waals surface area contributed by atoms with Crippen LogP contribution in [0.5, 0.6) is 0 Å². The number of carbonyl (C=O) groups is 1. The molecule has 34 heavy (non-hydrogen) atoms. The molecule has 0 unspecified atom stereocenters. The van der Waals surface area contributed by atoms with Crippen LogP contribution < -0.4 is 0 Å². The summed E-state index contributed by atoms with van der Waals surface area (Å²) < 4.78 is 24.1. The molecule has 5 nitrogen and oxygen atoms in total. The second-order valence-corrected chi connectivity index (χ2v) is 9.06. The van der Waals surface area contributed by atoms with Crippen molar-refractivity contribution in [2.45, 2.75) is 77.9 Å². The number of alkyl halides is 1. The highest BCUT2D eigenvalue weighted by molar-refractivity contribution is 5.91. The first kappa shape index (κ1) is 25.9. The first-order valence-electron chi connectivity index (χ1n) is 12.3. The summed E-state index contributed by atoms with van der Waals surface area (Å²) in [5.41, 5.74) is 3.75. The highest BCUT2D eigenvalue weighted by Crippen LogP contribution is 2.29. The van der Waals surface area contributed by atoms with Gasteiger partial charge < -0.3 is 14.3 Å². The minimum absolute atomic E-state index is 0.212. The fourth-order valence-electron chi connectivity index (χ4n) is 4.79. The summed E-state index contributed by atoms with van der Waals surface area (Å²) in [4.78, 5) is 16.1. The van der Waals surface area contributed by atoms with E-state index >= 15 is 0 Å². The maximum absolute atomic E-state index is 12.4. The molecule has 0 amide bonds. The third-order valence-corrected chi connectivity index (χ3v) is 6.63. The Morgan fingerprint density at radius 1 is 1.26 bits per heavy atom. The number of aryl methyl sites for hydroxylation is 2. The van der Waals surface area contributed by atoms with Crippen molar-refractivity contribution in [3.63, 3.8) is 0 Å². The van der Waals surface area contributed by atoms with Crippen LogP contribution in [0.1, 0.15) is 84.9 Å². The number of carboxylic acids is 1. The van der Waals surface area contributed by atoms with Gasteiger partial charge in [0.2, 0.25) is 5.89 Å². The summed E-state index contributed by atoms with van der Waals surface area (Å²) in [6.45, 7) is 3.62. The van der Waals surface area contributed by atoms with E-state index in [1.807, 2.05) is 38.1 Å². The first-order chi connectivity index (χ1) is 16.5. The highest BCUT2D eigenvalue weighted by atomic mass is 19.1. The summed E-state index contributed by atoms with van der Waals surface area (Å²) in [5.74, 6) is 0.270. The lowest BCUT2D eigenvalue weighted by atomic mass is 9.85. The molecule has 0 atom stereocenters. The van der Waals surface area contributed by atoms with E-state index in [4.69, 9.17) is 9.15 Å². The number of ether oxygens (including phenoxy) is 1. The average Bonchev–Trinajstić information content (AvgIpc) is 3.27. The zero-order chi connectivity index (χ0) is 24.3. The first-order valence-corrected chi connectivity index (χ1v) is 12.3. The number of benzene rings is 1. The van der Waals surface area contributed by atoms with E-state index < -0.39 is 12.6 Å². The van der Waals surface area contributed by atoms with Crippen molar-refractivity contribution in [2.75, 3.05) is 6.67 Å². The van der Waals surface area contributed by atoms with E-state index in [0.717, 1.165) is 73.8 Å². The lowest BCUT2D eigenvalue weighted by Crippen LogP contribution is -2.17. The Labute approximate surface area is 201 Å². The topological polar surface area (TPSA) is 72.6 Å². The van der Waals surface area contributed by atoms with Crippen LogP contribution in [0, 0.1) is 12.8 Å². The van der Waals surface area contributed by atoms with Crippen molar-refractivity contribution in [1.82, 2.24) is 4.98 Å². The van der Waals surface area contributed by atoms with E-state index in [0.29, 0.717) is 24.0 Å². The molecule has 0 aliphatic heterocycles. The van der Waals surface area contributed by atoms with Gasteiger partial charge in [0.25, 0.3) is 0 Å². The van der Waals surface area contributed by atoms with Crippen molar-refractivity contribution in [3.05, 3.63) is 71.0 Å². The molecule has 2 aromatic rings. The Morgan fingerprint density at radius 3 is 2.71 bits per heavy atom. The molecule has 1 aliphatic carbocycles. The molecule has 0 saturated heterocycles. The van der Waals surface area contributed by atoms with E-state index in [-0.39, 0.29) is 6.10 Å². The maximum Gasteiger partial charge on any atom is 0.336 e. The molecular weight excluding hydrogens is 433 g/mol. The standard InChI is InChI=1S/C28H36FNO4/c1-3-22(12-7-17-29)27-30-24(19-34-27)18-33-25-13-5-9-21(10-6-14-25)15-16-23-11-4-8-20(2)26(23)28(31)32/h3-4,7-8,11-12,19,21,25H,5-6,9-10,13-18H2,1-2H3,(H,31,32)/b12-7-,22-3+. The van der Waals surface area contributed by atoms with Gasteiger partial charge in [-0.15, -0.1) is 0 Å². The zero-order valence-corrected chi connectivity index (χ0v) is 20.3. The molecule has 6 heteroatoms. The Hall–Kier alpha value is -2.73. The molecule has 1 N–H and O–H groups in total. The number of allylic oxidation sites excluding steroid dienone is 4. The van der Waals surface area contributed by atoms with Crippen LogP contribution in [0.2, 0.25) is 0 Å². The molecule has 1 saturated carbocycles. The maximum atomic E-state index is 12.4. The predicted octanol–water partition coefficient (Wildman–Crippen LogP) is 7.10. The quantitative estimate of drug-likeness (QED) is 0.376. The fourth-order valence-corrected chi connectivity index (χ4v) is 4.79. The Morgan fingerprint density at radius 2 is 2.03 bits per heavy atom. The number of aromatic carboxylic acids is 1. The van der Waals surface area contributed by atoms with Gasteiger partial charge in [0.05, 0.1) is 18.3 Å². The van der Waals surface area contributed by atoms with Gasteiger partial charge in [0, 0.05) is 5.57 Å². The van der Waals surface area contributed by atoms with Crippen LogP contribution in [0.3, 0.4) is 0 Å². The summed E-state index contributed by atoms with van der Waals surface area (Å²) in [6, 6.07) is 5.77. The molecule has 0 spiro atoms. The smallest absolute Gasteiger partial charge is 0.336 e. The SMILES string of the molecule is C/C=C(\C=C/CF)c1nc(COC2CCCC(CCc3cccc(C)c3C(=O)O)CCC2)co1. The number of halogens is 1. The third-order valence-electron chi connectivity index (χ3n) is 6.63. The summed E-state index contributed by atoms with van der Waals surface area (Å²) in [5, 5.41) is 9.56. The number of carboxylic acid groups (broad SMARTS) is 1. The van der Waals surface area contributed by atoms with Gasteiger partial charge in [-0.25, -0.2) is 14.2 Å². The summed E-state index contributed by atoms with van der Waals surface area (Å²) in [7, 11) is 0. The molecule has 184 valence electrons. The minimum Gasteiger partial charge on any atom is -0.478 e. The van der Waals surface area contributed by atoms with Crippen molar-refractivity contribution in [3.8, 4) is 0 Å². The molecule has 0 bridgehead atoms. The number of nitrogens with zero attached hydrogens (tertiary/aromatic N) is 1. The molecule has 1 aliphatic rings. The lowest BCUT2D eigenvalue weighted by Gasteiger charge is -2.25. The van der Waals surface area contributed by atoms with Gasteiger partial charge >= 0.3 is 5.97 Å². The van der Waals surface area contributed by atoms with E-state index in [1.165, 1.54) is 6.08 Å². The van der Waals surface area contributed by atoms with Gasteiger partial charge in [0.15, 0.2) is 0 Å². The molecule has 0 radical (unpaired) electrons. The Kier molecular flexibility index (Phi) is 10.1. The van der Waals surface area contributed by atoms with Crippen LogP contribution in [-0.4, -0.2) is 28.8 Å². The predicted molar refractivity (Wildman–Crippen MR) is 131 cm³/mol. The van der Waals surface area contributed by atoms with Crippen LogP contribution in [-0.2, 0) is 17.8 Å². The molecule has 1 aromatic heterocycles. The minimum atomic E-state index is -0.830. The van der Waals surface area contributed by atoms with E-state index in [1.54, 1.807) is 12.3 Å². The highest BCUT2D eigenvalue weighted by Gasteiger charge is 2.20. The van der Waals surface area contributed by atoms with Gasteiger partial charge in [0.1, 0.15) is 18.6 Å². The number of oxazole rings is 1. The van der Waals surface area contributed by atoms with Gasteiger partial charge in [-0.1, -0.05) is 62.1 Å². The number of rotatable bonds is 10. The molecule has 1 aromatic carbocycles. The van der Waals surface area contributed by atoms with Crippen LogP contribution in [0.4, 0.5) is 4.39 Å². The van der Waals surface area contributed by atoms with Gasteiger partial charge in [-0.3, -0.25) is 0 Å². The summed E-state index contributed by atoms with van der Waals surface area (Å²) in [6.07, 6.45) is 15.2. The molecule has 3 rings (SSSR count). The van der Waals surface area contributed by atoms with E-state index in [9.17, 15) is 14.3 Å². The lowest BCUT2D eigenvalue weighted by molar-refractivity contribution is 0.0191. The zero-order valence-electron chi connectivity index (χ0n) is 20.3. The van der Waals surface area contributed by atoms with Crippen molar-refractivity contribution in [1.29, 1.82) is 0 Å². The average molecular weight is 470 g/mol. The largest absolute Gasteiger partial charge is 0.478 e. The molecule has 1 heterocycles. The number of hydrogen-bond donors (Lipinski definition) is 1. The number of hydrogen-bond acceptors (Lipinski definition) is 4. The molecule has 1 fully saturated rings. The number of aromatic nitrogens is 1. The van der Waals surface area contributed by atoms with E-state index in [2.05, 4.69) is 4.98 Å². The van der Waals surface area contributed by atoms with Crippen LogP contribution in [0.15, 0.2) is 47.1 Å². The monoisotopic (exact) mass is 469 g/mol. The van der Waals surface area contributed by atoms with Crippen molar-refractivity contribution >= 4 is 11.5 Å². The Balaban J connectivity index is 1.45. The third kappa shape index (κ3) is 7.39. The fraction of sp³-hybridized carbons (Fsp3) is 0.500. The van der Waals surface area contributed by atoms with Crippen molar-refractivity contribution in [2.24, 2.45) is 5.92 Å². The van der Waals surface area contributed by atoms with Gasteiger partial charge in [-0.2, -0.15) is 0 Å². The Bertz CT molecular complexity index is 984.